The third kappa shape index (κ3) is 5.49. The fraction of sp³-hybridized carbons (Fsp3) is 0.391. The van der Waals surface area contributed by atoms with Gasteiger partial charge in [0.25, 0.3) is 0 Å². The topological polar surface area (TPSA) is 98.2 Å². The zero-order valence-electron chi connectivity index (χ0n) is 19.2. The van der Waals surface area contributed by atoms with Gasteiger partial charge in [-0.05, 0) is 23.6 Å². The molecule has 190 valence electrons. The molecule has 8 nitrogen and oxygen atoms in total. The van der Waals surface area contributed by atoms with Gasteiger partial charge in [0.15, 0.2) is 0 Å². The maximum absolute atomic E-state index is 13.4. The minimum absolute atomic E-state index is 0.0285. The summed E-state index contributed by atoms with van der Waals surface area (Å²) >= 11 is 0. The number of benzene rings is 2. The van der Waals surface area contributed by atoms with Crippen LogP contribution < -0.4 is 0 Å². The molecule has 0 radical (unpaired) electrons. The summed E-state index contributed by atoms with van der Waals surface area (Å²) in [4.78, 5) is 25.1. The van der Waals surface area contributed by atoms with Crippen molar-refractivity contribution in [1.29, 1.82) is 0 Å². The molecule has 0 aromatic heterocycles. The number of halogens is 3. The van der Waals surface area contributed by atoms with Crippen LogP contribution in [0.1, 0.15) is 17.5 Å². The molecule has 1 atom stereocenters. The van der Waals surface area contributed by atoms with Crippen molar-refractivity contribution in [1.82, 2.24) is 14.1 Å². The summed E-state index contributed by atoms with van der Waals surface area (Å²) in [6, 6.07) is 17.0. The monoisotopic (exact) mass is 513 g/mol. The van der Waals surface area contributed by atoms with Crippen molar-refractivity contribution in [2.45, 2.75) is 29.6 Å². The smallest absolute Gasteiger partial charge is 0.475 e. The first-order valence-electron chi connectivity index (χ1n) is 10.7. The number of carboxylic acid groups (broad SMARTS) is 1. The van der Waals surface area contributed by atoms with Crippen molar-refractivity contribution >= 4 is 21.9 Å². The van der Waals surface area contributed by atoms with Crippen LogP contribution >= 0.6 is 0 Å². The SMILES string of the molecule is CN(C)C(=O)CN1CCC2(C1)c1ccccc1S(=O)(=O)N2Cc1ccccc1.O=C(O)C(F)(F)F. The van der Waals surface area contributed by atoms with E-state index in [1.165, 1.54) is 0 Å². The Morgan fingerprint density at radius 3 is 2.20 bits per heavy atom. The number of carbonyl (C=O) groups excluding carboxylic acids is 1. The van der Waals surface area contributed by atoms with E-state index >= 15 is 0 Å². The van der Waals surface area contributed by atoms with Crippen LogP contribution in [0.15, 0.2) is 59.5 Å². The van der Waals surface area contributed by atoms with E-state index in [4.69, 9.17) is 9.90 Å². The lowest BCUT2D eigenvalue weighted by molar-refractivity contribution is -0.192. The van der Waals surface area contributed by atoms with Crippen molar-refractivity contribution in [3.8, 4) is 0 Å². The molecule has 1 unspecified atom stereocenters. The molecule has 2 aromatic carbocycles. The molecule has 0 saturated carbocycles. The van der Waals surface area contributed by atoms with E-state index in [-0.39, 0.29) is 5.91 Å². The lowest BCUT2D eigenvalue weighted by Crippen LogP contribution is -2.46. The number of likely N-dealkylation sites (tertiary alicyclic amines) is 1. The lowest BCUT2D eigenvalue weighted by Gasteiger charge is -2.34. The molecule has 2 aromatic rings. The Morgan fingerprint density at radius 1 is 1.06 bits per heavy atom. The third-order valence-corrected chi connectivity index (χ3v) is 8.00. The summed E-state index contributed by atoms with van der Waals surface area (Å²) in [5.41, 5.74) is 1.18. The number of likely N-dealkylation sites (N-methyl/N-ethyl adjacent to an activating group) is 1. The maximum Gasteiger partial charge on any atom is 0.490 e. The highest BCUT2D eigenvalue weighted by Crippen LogP contribution is 2.49. The quantitative estimate of drug-likeness (QED) is 0.675. The molecule has 35 heavy (non-hydrogen) atoms. The van der Waals surface area contributed by atoms with Gasteiger partial charge in [0.1, 0.15) is 0 Å². The first-order chi connectivity index (χ1) is 16.3. The molecule has 2 aliphatic rings. The van der Waals surface area contributed by atoms with Gasteiger partial charge in [0.05, 0.1) is 17.0 Å². The Labute approximate surface area is 201 Å². The average Bonchev–Trinajstić information content (AvgIpc) is 3.28. The molecule has 1 saturated heterocycles. The van der Waals surface area contributed by atoms with E-state index in [9.17, 15) is 26.4 Å². The fourth-order valence-electron chi connectivity index (χ4n) is 4.31. The number of carboxylic acids is 1. The number of hydrogen-bond donors (Lipinski definition) is 1. The molecule has 1 N–H and O–H groups in total. The van der Waals surface area contributed by atoms with Gasteiger partial charge in [-0.1, -0.05) is 48.5 Å². The Balaban J connectivity index is 0.000000429. The summed E-state index contributed by atoms with van der Waals surface area (Å²) < 4.78 is 60.2. The Bertz CT molecular complexity index is 1190. The minimum Gasteiger partial charge on any atom is -0.475 e. The summed E-state index contributed by atoms with van der Waals surface area (Å²) in [7, 11) is -0.111. The Hall–Kier alpha value is -2.96. The van der Waals surface area contributed by atoms with Crippen molar-refractivity contribution in [3.63, 3.8) is 0 Å². The van der Waals surface area contributed by atoms with E-state index in [2.05, 4.69) is 4.90 Å². The summed E-state index contributed by atoms with van der Waals surface area (Å²) in [5, 5.41) is 7.12. The predicted octanol–water partition coefficient (Wildman–Crippen LogP) is 2.51. The molecule has 0 aliphatic carbocycles. The molecule has 1 spiro atoms. The number of alkyl halides is 3. The summed E-state index contributed by atoms with van der Waals surface area (Å²) in [6.07, 6.45) is -4.41. The van der Waals surface area contributed by atoms with Gasteiger partial charge >= 0.3 is 12.1 Å². The second-order valence-corrected chi connectivity index (χ2v) is 10.4. The molecule has 0 bridgehead atoms. The summed E-state index contributed by atoms with van der Waals surface area (Å²) in [6.45, 7) is 1.84. The minimum atomic E-state index is -5.08. The average molecular weight is 514 g/mol. The second kappa shape index (κ2) is 9.96. The highest BCUT2D eigenvalue weighted by atomic mass is 32.2. The number of fused-ring (bicyclic) bond motifs is 2. The maximum atomic E-state index is 13.4. The van der Waals surface area contributed by atoms with Gasteiger partial charge in [-0.15, -0.1) is 0 Å². The fourth-order valence-corrected chi connectivity index (χ4v) is 6.36. The lowest BCUT2D eigenvalue weighted by atomic mass is 9.88. The van der Waals surface area contributed by atoms with Crippen LogP contribution in [0.4, 0.5) is 13.2 Å². The van der Waals surface area contributed by atoms with Crippen LogP contribution in [0, 0.1) is 0 Å². The van der Waals surface area contributed by atoms with Gasteiger partial charge in [0, 0.05) is 33.7 Å². The molecule has 2 heterocycles. The van der Waals surface area contributed by atoms with Crippen LogP contribution in [0.25, 0.3) is 0 Å². The van der Waals surface area contributed by atoms with E-state index < -0.39 is 27.7 Å². The zero-order chi connectivity index (χ0) is 26.0. The highest BCUT2D eigenvalue weighted by Gasteiger charge is 2.56. The van der Waals surface area contributed by atoms with Crippen LogP contribution in [0.2, 0.25) is 0 Å². The summed E-state index contributed by atoms with van der Waals surface area (Å²) in [5.74, 6) is -2.73. The molecule has 4 rings (SSSR count). The van der Waals surface area contributed by atoms with Gasteiger partial charge in [0.2, 0.25) is 15.9 Å². The van der Waals surface area contributed by atoms with Crippen LogP contribution in [0.5, 0.6) is 0 Å². The van der Waals surface area contributed by atoms with Gasteiger partial charge in [-0.2, -0.15) is 17.5 Å². The van der Waals surface area contributed by atoms with Gasteiger partial charge < -0.3 is 10.0 Å². The highest BCUT2D eigenvalue weighted by molar-refractivity contribution is 7.89. The zero-order valence-corrected chi connectivity index (χ0v) is 20.0. The normalized spacial score (nSPS) is 21.3. The second-order valence-electron chi connectivity index (χ2n) is 8.58. The Morgan fingerprint density at radius 2 is 1.63 bits per heavy atom. The van der Waals surface area contributed by atoms with Crippen molar-refractivity contribution in [2.75, 3.05) is 33.7 Å². The first kappa shape index (κ1) is 26.6. The van der Waals surface area contributed by atoms with Crippen LogP contribution in [0.3, 0.4) is 0 Å². The molecule has 1 amide bonds. The molecule has 2 aliphatic heterocycles. The van der Waals surface area contributed by atoms with Crippen molar-refractivity contribution < 1.29 is 36.3 Å². The van der Waals surface area contributed by atoms with Crippen LogP contribution in [-0.2, 0) is 31.7 Å². The van der Waals surface area contributed by atoms with Gasteiger partial charge in [-0.25, -0.2) is 13.2 Å². The number of nitrogens with zero attached hydrogens (tertiary/aromatic N) is 3. The molecular formula is C23H26F3N3O5S. The first-order valence-corrected chi connectivity index (χ1v) is 12.1. The number of hydrogen-bond acceptors (Lipinski definition) is 5. The van der Waals surface area contributed by atoms with E-state index in [0.29, 0.717) is 37.5 Å². The third-order valence-electron chi connectivity index (χ3n) is 6.03. The van der Waals surface area contributed by atoms with E-state index in [1.54, 1.807) is 35.4 Å². The van der Waals surface area contributed by atoms with Crippen molar-refractivity contribution in [3.05, 3.63) is 65.7 Å². The van der Waals surface area contributed by atoms with Crippen molar-refractivity contribution in [2.24, 2.45) is 0 Å². The molecule has 12 heteroatoms. The van der Waals surface area contributed by atoms with Crippen LogP contribution in [-0.4, -0.2) is 79.4 Å². The number of rotatable bonds is 4. The number of sulfonamides is 1. The number of carbonyl (C=O) groups is 2. The van der Waals surface area contributed by atoms with Gasteiger partial charge in [-0.3, -0.25) is 9.69 Å². The van der Waals surface area contributed by atoms with E-state index in [1.807, 2.05) is 42.5 Å². The number of amides is 1. The molecular weight excluding hydrogens is 487 g/mol. The van der Waals surface area contributed by atoms with E-state index in [0.717, 1.165) is 11.1 Å². The standard InChI is InChI=1S/C21H25N3O3S.C2HF3O2/c1-22(2)20(25)15-23-13-12-21(16-23)18-10-6-7-11-19(18)28(26,27)24(21)14-17-8-4-3-5-9-17;3-2(4,5)1(6)7/h3-11H,12-16H2,1-2H3;(H,6,7). The molecule has 1 fully saturated rings. The number of aliphatic carboxylic acids is 1. The largest absolute Gasteiger partial charge is 0.490 e. The predicted molar refractivity (Wildman–Crippen MR) is 121 cm³/mol. The Kier molecular flexibility index (Phi) is 7.58.